The van der Waals surface area contributed by atoms with Crippen LogP contribution >= 0.6 is 0 Å². The van der Waals surface area contributed by atoms with Crippen LogP contribution in [0.5, 0.6) is 0 Å². The minimum atomic E-state index is 0. The molecule has 0 aromatic rings. The third-order valence-corrected chi connectivity index (χ3v) is 3.23. The molecule has 0 aromatic heterocycles. The maximum atomic E-state index is 5.07. The molecule has 0 saturated carbocycles. The number of hydrogen-bond donors (Lipinski definition) is 0. The van der Waals surface area contributed by atoms with Crippen molar-refractivity contribution in [3.63, 3.8) is 0 Å². The van der Waals surface area contributed by atoms with Gasteiger partial charge >= 0.3 is 0 Å². The van der Waals surface area contributed by atoms with Crippen LogP contribution in [0.3, 0.4) is 0 Å². The molecule has 5 heteroatoms. The van der Waals surface area contributed by atoms with Gasteiger partial charge in [0.25, 0.3) is 0 Å². The third kappa shape index (κ3) is 17.2. The molecule has 122 valence electrons. The van der Waals surface area contributed by atoms with Crippen LogP contribution in [-0.2, 0) is 54.4 Å². The Labute approximate surface area is 151 Å². The summed E-state index contributed by atoms with van der Waals surface area (Å²) in [6.07, 6.45) is 11.8. The van der Waals surface area contributed by atoms with Gasteiger partial charge in [-0.3, -0.25) is 0 Å². The molecule has 0 aliphatic carbocycles. The summed E-state index contributed by atoms with van der Waals surface area (Å²) >= 11 is 0. The summed E-state index contributed by atoms with van der Waals surface area (Å²) in [5, 5.41) is 0. The summed E-state index contributed by atoms with van der Waals surface area (Å²) < 4.78 is 15.2. The molecule has 3 heterocycles. The third-order valence-electron chi connectivity index (χ3n) is 3.23. The van der Waals surface area contributed by atoms with E-state index in [0.717, 1.165) is 39.6 Å². The van der Waals surface area contributed by atoms with Crippen molar-refractivity contribution < 1.29 is 54.4 Å². The molecule has 3 fully saturated rings. The van der Waals surface area contributed by atoms with Crippen LogP contribution < -0.4 is 0 Å². The van der Waals surface area contributed by atoms with Crippen LogP contribution in [0.2, 0.25) is 0 Å². The summed E-state index contributed by atoms with van der Waals surface area (Å²) in [5.41, 5.74) is 0. The van der Waals surface area contributed by atoms with Gasteiger partial charge in [-0.2, -0.15) is 0 Å². The molecule has 0 bridgehead atoms. The summed E-state index contributed by atoms with van der Waals surface area (Å²) in [6, 6.07) is 0. The molecule has 0 unspecified atom stereocenters. The number of hydrogen-bond acceptors (Lipinski definition) is 3. The van der Waals surface area contributed by atoms with Crippen LogP contribution in [0.4, 0.5) is 0 Å². The molecule has 3 rings (SSSR count). The first-order chi connectivity index (χ1) is 9.00. The zero-order chi connectivity index (χ0) is 12.7. The van der Waals surface area contributed by atoms with Crippen LogP contribution in [0, 0.1) is 0 Å². The SMILES string of the molecule is C1CCOCC1.C1CCOCC1.C1CCOCC1.[Tc].[Tc]. The molecule has 3 aliphatic heterocycles. The van der Waals surface area contributed by atoms with E-state index in [1.807, 2.05) is 0 Å². The summed E-state index contributed by atoms with van der Waals surface area (Å²) in [6.45, 7) is 6.00. The minimum Gasteiger partial charge on any atom is -0.381 e. The van der Waals surface area contributed by atoms with Crippen molar-refractivity contribution in [1.29, 1.82) is 0 Å². The van der Waals surface area contributed by atoms with Crippen molar-refractivity contribution in [1.82, 2.24) is 0 Å². The summed E-state index contributed by atoms with van der Waals surface area (Å²) in [7, 11) is 0. The van der Waals surface area contributed by atoms with Gasteiger partial charge in [-0.15, -0.1) is 0 Å². The van der Waals surface area contributed by atoms with Crippen molar-refractivity contribution in [2.75, 3.05) is 39.6 Å². The molecule has 0 amide bonds. The van der Waals surface area contributed by atoms with Crippen molar-refractivity contribution in [2.45, 2.75) is 57.8 Å². The number of rotatable bonds is 0. The summed E-state index contributed by atoms with van der Waals surface area (Å²) in [4.78, 5) is 0. The van der Waals surface area contributed by atoms with E-state index in [4.69, 9.17) is 14.2 Å². The van der Waals surface area contributed by atoms with Gasteiger partial charge in [0.15, 0.2) is 0 Å². The van der Waals surface area contributed by atoms with Gasteiger partial charge < -0.3 is 14.2 Å². The molecule has 3 saturated heterocycles. The predicted molar refractivity (Wildman–Crippen MR) is 74.0 cm³/mol. The van der Waals surface area contributed by atoms with Gasteiger partial charge in [-0.1, -0.05) is 0 Å². The average Bonchev–Trinajstić information content (AvgIpc) is 2.54. The van der Waals surface area contributed by atoms with Crippen LogP contribution in [0.25, 0.3) is 0 Å². The number of ether oxygens (including phenoxy) is 3. The maximum absolute atomic E-state index is 5.07. The largest absolute Gasteiger partial charge is 0.381 e. The Morgan fingerprint density at radius 1 is 0.300 bits per heavy atom. The zero-order valence-electron chi connectivity index (χ0n) is 12.6. The Hall–Kier alpha value is 1.18. The quantitative estimate of drug-likeness (QED) is 0.561. The maximum Gasteiger partial charge on any atom is 0.0466 e. The van der Waals surface area contributed by atoms with Gasteiger partial charge in [0.2, 0.25) is 0 Å². The van der Waals surface area contributed by atoms with Crippen molar-refractivity contribution >= 4 is 0 Å². The van der Waals surface area contributed by atoms with E-state index in [0.29, 0.717) is 0 Å². The van der Waals surface area contributed by atoms with Crippen LogP contribution in [0.1, 0.15) is 57.8 Å². The Morgan fingerprint density at radius 2 is 0.500 bits per heavy atom. The Balaban J connectivity index is 0. The van der Waals surface area contributed by atoms with E-state index >= 15 is 0 Å². The van der Waals surface area contributed by atoms with E-state index in [1.54, 1.807) is 0 Å². The van der Waals surface area contributed by atoms with E-state index in [1.165, 1.54) is 57.8 Å². The predicted octanol–water partition coefficient (Wildman–Crippen LogP) is 3.56. The summed E-state index contributed by atoms with van der Waals surface area (Å²) in [5.74, 6) is 0. The fourth-order valence-electron chi connectivity index (χ4n) is 2.06. The molecule has 3 nitrogen and oxygen atoms in total. The fraction of sp³-hybridized carbons (Fsp3) is 1.00. The molecular weight excluding hydrogens is 424 g/mol. The van der Waals surface area contributed by atoms with Crippen molar-refractivity contribution in [3.05, 3.63) is 0 Å². The van der Waals surface area contributed by atoms with Crippen molar-refractivity contribution in [2.24, 2.45) is 0 Å². The van der Waals surface area contributed by atoms with E-state index < -0.39 is 0 Å². The Bertz CT molecular complexity index is 96.1. The van der Waals surface area contributed by atoms with E-state index in [2.05, 4.69) is 0 Å². The van der Waals surface area contributed by atoms with Crippen LogP contribution in [-0.4, -0.2) is 39.6 Å². The normalized spacial score (nSPS) is 21.6. The first kappa shape index (κ1) is 23.4. The molecule has 0 N–H and O–H groups in total. The van der Waals surface area contributed by atoms with Crippen LogP contribution in [0.15, 0.2) is 0 Å². The van der Waals surface area contributed by atoms with E-state index in [9.17, 15) is 0 Å². The second-order valence-corrected chi connectivity index (χ2v) is 5.02. The first-order valence-electron chi connectivity index (χ1n) is 7.73. The second kappa shape index (κ2) is 20.2. The van der Waals surface area contributed by atoms with E-state index in [-0.39, 0.29) is 40.2 Å². The molecular formula is C15H30O3Tc2. The van der Waals surface area contributed by atoms with Gasteiger partial charge in [-0.05, 0) is 57.8 Å². The Kier molecular flexibility index (Phi) is 23.7. The van der Waals surface area contributed by atoms with Gasteiger partial charge in [-0.25, -0.2) is 0 Å². The van der Waals surface area contributed by atoms with Gasteiger partial charge in [0, 0.05) is 79.9 Å². The molecule has 20 heavy (non-hydrogen) atoms. The van der Waals surface area contributed by atoms with Gasteiger partial charge in [0.05, 0.1) is 0 Å². The molecule has 0 aromatic carbocycles. The molecule has 2 radical (unpaired) electrons. The topological polar surface area (TPSA) is 27.7 Å². The first-order valence-corrected chi connectivity index (χ1v) is 7.73. The Morgan fingerprint density at radius 3 is 0.550 bits per heavy atom. The average molecular weight is 454 g/mol. The molecule has 3 aliphatic rings. The fourth-order valence-corrected chi connectivity index (χ4v) is 2.06. The smallest absolute Gasteiger partial charge is 0.0466 e. The molecule has 0 spiro atoms. The van der Waals surface area contributed by atoms with Crippen molar-refractivity contribution in [3.8, 4) is 0 Å². The van der Waals surface area contributed by atoms with Gasteiger partial charge in [0.1, 0.15) is 0 Å². The second-order valence-electron chi connectivity index (χ2n) is 5.02. The standard InChI is InChI=1S/3C5H10O.2Tc/c3*1-2-4-6-5-3-1;;/h3*1-5H2;;. The minimum absolute atomic E-state index is 0. The zero-order valence-corrected chi connectivity index (χ0v) is 16.3. The monoisotopic (exact) mass is 452 g/mol. The molecule has 0 atom stereocenters.